The van der Waals surface area contributed by atoms with E-state index in [2.05, 4.69) is 52.3 Å². The minimum Gasteiger partial charge on any atom is -0.494 e. The maximum Gasteiger partial charge on any atom is 0.377 e. The van der Waals surface area contributed by atoms with Crippen molar-refractivity contribution in [3.05, 3.63) is 132 Å². The highest BCUT2D eigenvalue weighted by molar-refractivity contribution is 6.45. The van der Waals surface area contributed by atoms with Gasteiger partial charge in [0.1, 0.15) is 24.2 Å². The van der Waals surface area contributed by atoms with Crippen LogP contribution >= 0.6 is 0 Å². The Morgan fingerprint density at radius 3 is 1.55 bits per heavy atom. The van der Waals surface area contributed by atoms with Gasteiger partial charge in [0.2, 0.25) is 0 Å². The second kappa shape index (κ2) is 23.2. The van der Waals surface area contributed by atoms with E-state index in [1.54, 1.807) is 23.4 Å². The number of rotatable bonds is 12. The summed E-state index contributed by atoms with van der Waals surface area (Å²) in [7, 11) is 2.90. The number of ether oxygens (including phenoxy) is 2. The summed E-state index contributed by atoms with van der Waals surface area (Å²) >= 11 is 0. The molecule has 10 rings (SSSR count). The van der Waals surface area contributed by atoms with Crippen LogP contribution in [0.2, 0.25) is 0 Å². The molecule has 0 aliphatic carbocycles. The third-order valence-corrected chi connectivity index (χ3v) is 12.8. The third-order valence-electron chi connectivity index (χ3n) is 12.8. The Hall–Kier alpha value is -9.12. The average molecular weight is 1020 g/mol. The standard InChI is InChI=1S/C26H27N7O4.C14H13N5O4.C12H16N2O/c1-4-20-29-15-33(30-20)24-22-21(19(37-3)13-28-24)18(12-27-22)23(34)26(36)31-10-11-32(16(2)14-31)25(35)17-8-6-5-7-9-17;1-3-9-17-6-19(18-9)13-11-10(8(23-2)5-16-13)7(4-15-11)12(20)14(21)22;1-10-9-13-7-8-14(10)12(15)11-5-3-2-4-6-11/h5-9,12-13,15-16,27H,4,10-11,14H2,1-3H3;4-6,15H,3H2,1-2H3,(H,21,22);2-6,10,13H,7-9H2,1H3/t16-;;10-/m1.1/s1. The quantitative estimate of drug-likeness (QED) is 0.0976. The number of hydrogen-bond acceptors (Lipinski definition) is 15. The van der Waals surface area contributed by atoms with Crippen LogP contribution in [0.4, 0.5) is 0 Å². The number of aliphatic carboxylic acids is 1. The van der Waals surface area contributed by atoms with Crippen LogP contribution in [0.15, 0.2) is 98.1 Å². The number of nitrogens with one attached hydrogen (secondary N) is 3. The molecule has 0 radical (unpaired) electrons. The second-order valence-corrected chi connectivity index (χ2v) is 17.5. The van der Waals surface area contributed by atoms with Gasteiger partial charge in [0.05, 0.1) is 59.5 Å². The molecule has 2 fully saturated rings. The van der Waals surface area contributed by atoms with Gasteiger partial charge in [-0.25, -0.2) is 34.1 Å². The van der Waals surface area contributed by atoms with Gasteiger partial charge in [-0.15, -0.1) is 10.2 Å². The van der Waals surface area contributed by atoms with Crippen LogP contribution in [0.3, 0.4) is 0 Å². The summed E-state index contributed by atoms with van der Waals surface area (Å²) in [4.78, 5) is 103. The Balaban J connectivity index is 0.000000166. The third kappa shape index (κ3) is 11.0. The minimum absolute atomic E-state index is 0.00355. The number of carbonyl (C=O) groups is 6. The maximum absolute atomic E-state index is 13.4. The predicted molar refractivity (Wildman–Crippen MR) is 274 cm³/mol. The zero-order valence-corrected chi connectivity index (χ0v) is 42.2. The number of amides is 3. The van der Waals surface area contributed by atoms with Gasteiger partial charge in [-0.3, -0.25) is 24.0 Å². The Kier molecular flexibility index (Phi) is 16.1. The SMILES string of the molecule is CCc1ncn(-c2ncc(OC)c3c(C(=O)C(=O)N4CCN(C(=O)c5ccccc5)[C@H](C)C4)c[nH]c23)n1.CCc1ncn(-c2ncc(OC)c3c(C(=O)C(=O)O)c[nH]c23)n1.C[C@@H]1CNCCN1C(=O)c1ccccc1. The molecule has 2 aliphatic heterocycles. The van der Waals surface area contributed by atoms with Gasteiger partial charge in [0.15, 0.2) is 23.3 Å². The molecule has 2 aliphatic rings. The van der Waals surface area contributed by atoms with Crippen molar-refractivity contribution in [1.29, 1.82) is 0 Å². The second-order valence-electron chi connectivity index (χ2n) is 17.5. The lowest BCUT2D eigenvalue weighted by atomic mass is 10.1. The number of aromatic nitrogens is 10. The lowest BCUT2D eigenvalue weighted by Gasteiger charge is -2.39. The van der Waals surface area contributed by atoms with Gasteiger partial charge in [-0.1, -0.05) is 50.2 Å². The molecular formula is C52H56N14O9. The van der Waals surface area contributed by atoms with Crippen molar-refractivity contribution in [2.75, 3.05) is 53.5 Å². The first-order chi connectivity index (χ1) is 36.3. The van der Waals surface area contributed by atoms with E-state index < -0.39 is 23.4 Å². The van der Waals surface area contributed by atoms with E-state index in [0.717, 1.165) is 25.2 Å². The highest BCUT2D eigenvalue weighted by atomic mass is 16.5. The fourth-order valence-corrected chi connectivity index (χ4v) is 8.80. The van der Waals surface area contributed by atoms with E-state index >= 15 is 0 Å². The molecule has 0 unspecified atom stereocenters. The number of carboxylic acids is 1. The minimum atomic E-state index is -1.54. The number of fused-ring (bicyclic) bond motifs is 2. The highest BCUT2D eigenvalue weighted by Crippen LogP contribution is 2.33. The largest absolute Gasteiger partial charge is 0.494 e. The molecule has 4 N–H and O–H groups in total. The number of Topliss-reactive ketones (excluding diaryl/α,β-unsaturated/α-hetero) is 2. The molecule has 0 saturated carbocycles. The average Bonchev–Trinajstić information content (AvgIpc) is 4.30. The molecule has 2 aromatic carbocycles. The molecule has 2 saturated heterocycles. The van der Waals surface area contributed by atoms with Gasteiger partial charge in [-0.05, 0) is 38.1 Å². The van der Waals surface area contributed by atoms with Crippen molar-refractivity contribution in [2.45, 2.75) is 52.6 Å². The van der Waals surface area contributed by atoms with Crippen LogP contribution in [-0.4, -0.2) is 170 Å². The van der Waals surface area contributed by atoms with Gasteiger partial charge < -0.3 is 44.6 Å². The molecule has 0 spiro atoms. The highest BCUT2D eigenvalue weighted by Gasteiger charge is 2.35. The number of ketones is 2. The van der Waals surface area contributed by atoms with Gasteiger partial charge in [-0.2, -0.15) is 0 Å². The van der Waals surface area contributed by atoms with Crippen LogP contribution in [0, 0.1) is 0 Å². The fraction of sp³-hybridized carbons (Fsp3) is 0.308. The number of H-pyrrole nitrogens is 2. The van der Waals surface area contributed by atoms with Gasteiger partial charge in [0, 0.05) is 87.7 Å². The van der Waals surface area contributed by atoms with E-state index in [1.807, 2.05) is 74.2 Å². The Labute approximate surface area is 429 Å². The molecule has 0 bridgehead atoms. The number of benzene rings is 2. The number of aromatic amines is 2. The normalized spacial score (nSPS) is 15.4. The zero-order chi connectivity index (χ0) is 53.3. The van der Waals surface area contributed by atoms with Crippen LogP contribution < -0.4 is 14.8 Å². The number of piperazine rings is 2. The summed E-state index contributed by atoms with van der Waals surface area (Å²) < 4.78 is 13.7. The molecule has 2 atom stereocenters. The van der Waals surface area contributed by atoms with E-state index in [-0.39, 0.29) is 48.1 Å². The van der Waals surface area contributed by atoms with E-state index in [0.29, 0.717) is 81.5 Å². The van der Waals surface area contributed by atoms with Crippen molar-refractivity contribution in [3.63, 3.8) is 0 Å². The summed E-state index contributed by atoms with van der Waals surface area (Å²) in [6, 6.07) is 18.6. The number of nitrogens with zero attached hydrogens (tertiary/aromatic N) is 11. The molecule has 23 nitrogen and oxygen atoms in total. The summed E-state index contributed by atoms with van der Waals surface area (Å²) in [6.45, 7) is 11.3. The topological polar surface area (TPSA) is 282 Å². The lowest BCUT2D eigenvalue weighted by Crippen LogP contribution is -2.56. The van der Waals surface area contributed by atoms with E-state index in [4.69, 9.17) is 14.6 Å². The van der Waals surface area contributed by atoms with Gasteiger partial charge in [0.25, 0.3) is 29.3 Å². The Bertz CT molecular complexity index is 3370. The summed E-state index contributed by atoms with van der Waals surface area (Å²) in [5.74, 6) is -1.01. The molecule has 8 heterocycles. The predicted octanol–water partition coefficient (Wildman–Crippen LogP) is 4.37. The first kappa shape index (κ1) is 52.2. The number of hydrogen-bond donors (Lipinski definition) is 4. The number of carbonyl (C=O) groups excluding carboxylic acids is 5. The van der Waals surface area contributed by atoms with Crippen molar-refractivity contribution >= 4 is 57.1 Å². The van der Waals surface area contributed by atoms with Crippen LogP contribution in [0.1, 0.15) is 80.8 Å². The monoisotopic (exact) mass is 1020 g/mol. The van der Waals surface area contributed by atoms with Crippen molar-refractivity contribution in [2.24, 2.45) is 0 Å². The molecule has 3 amide bonds. The fourth-order valence-electron chi connectivity index (χ4n) is 8.80. The van der Waals surface area contributed by atoms with Crippen LogP contribution in [0.5, 0.6) is 11.5 Å². The molecule has 388 valence electrons. The molecule has 8 aromatic rings. The Morgan fingerprint density at radius 1 is 0.640 bits per heavy atom. The summed E-state index contributed by atoms with van der Waals surface area (Å²) in [6.07, 6.45) is 10.1. The van der Waals surface area contributed by atoms with E-state index in [1.165, 1.54) is 59.6 Å². The van der Waals surface area contributed by atoms with Crippen molar-refractivity contribution in [1.82, 2.24) is 69.5 Å². The zero-order valence-electron chi connectivity index (χ0n) is 42.2. The first-order valence-corrected chi connectivity index (χ1v) is 24.2. The smallest absolute Gasteiger partial charge is 0.377 e. The molecule has 75 heavy (non-hydrogen) atoms. The van der Waals surface area contributed by atoms with Crippen molar-refractivity contribution < 1.29 is 43.3 Å². The molecular weight excluding hydrogens is 965 g/mol. The van der Waals surface area contributed by atoms with Crippen LogP contribution in [-0.2, 0) is 22.4 Å². The van der Waals surface area contributed by atoms with Crippen molar-refractivity contribution in [3.8, 4) is 23.1 Å². The lowest BCUT2D eigenvalue weighted by molar-refractivity contribution is -0.132. The first-order valence-electron chi connectivity index (χ1n) is 24.2. The number of carboxylic acid groups (broad SMARTS) is 1. The number of pyridine rings is 2. The summed E-state index contributed by atoms with van der Waals surface area (Å²) in [5, 5.41) is 21.7. The summed E-state index contributed by atoms with van der Waals surface area (Å²) in [5.41, 5.74) is 2.53. The number of methoxy groups -OCH3 is 2. The van der Waals surface area contributed by atoms with E-state index in [9.17, 15) is 28.8 Å². The molecule has 23 heteroatoms. The number of aryl methyl sites for hydroxylation is 2. The molecule has 6 aromatic heterocycles. The van der Waals surface area contributed by atoms with Gasteiger partial charge >= 0.3 is 5.97 Å². The Morgan fingerprint density at radius 2 is 1.12 bits per heavy atom. The maximum atomic E-state index is 13.4. The van der Waals surface area contributed by atoms with Crippen LogP contribution in [0.25, 0.3) is 33.4 Å².